The second-order valence-electron chi connectivity index (χ2n) is 3.87. The summed E-state index contributed by atoms with van der Waals surface area (Å²) in [4.78, 5) is 0. The summed E-state index contributed by atoms with van der Waals surface area (Å²) in [7, 11) is 0. The number of nitrogens with zero attached hydrogens (tertiary/aromatic N) is 1. The van der Waals surface area contributed by atoms with Gasteiger partial charge in [0.15, 0.2) is 0 Å². The number of hydrogen-bond acceptors (Lipinski definition) is 2. The van der Waals surface area contributed by atoms with E-state index in [4.69, 9.17) is 21.3 Å². The Morgan fingerprint density at radius 2 is 2.19 bits per heavy atom. The quantitative estimate of drug-likeness (QED) is 0.779. The minimum atomic E-state index is 0.419. The second kappa shape index (κ2) is 4.19. The van der Waals surface area contributed by atoms with E-state index in [0.717, 1.165) is 34.9 Å². The first-order valence-electron chi connectivity index (χ1n) is 5.29. The average Bonchev–Trinajstić information content (AvgIpc) is 2.58. The Hall–Kier alpha value is -1.46. The molecule has 1 aromatic carbocycles. The molecule has 2 nitrogen and oxygen atoms in total. The smallest absolute Gasteiger partial charge is 0.207 e. The van der Waals surface area contributed by atoms with Crippen LogP contribution in [0, 0.1) is 18.3 Å². The van der Waals surface area contributed by atoms with E-state index >= 15 is 0 Å². The molecule has 82 valence electrons. The van der Waals surface area contributed by atoms with Crippen LogP contribution in [-0.4, -0.2) is 0 Å². The molecule has 1 aromatic heterocycles. The molecule has 0 fully saturated rings. The predicted molar refractivity (Wildman–Crippen MR) is 64.7 cm³/mol. The maximum atomic E-state index is 9.03. The first-order valence-corrected chi connectivity index (χ1v) is 5.66. The first-order chi connectivity index (χ1) is 7.67. The Labute approximate surface area is 99.4 Å². The van der Waals surface area contributed by atoms with Gasteiger partial charge in [0.25, 0.3) is 0 Å². The van der Waals surface area contributed by atoms with Gasteiger partial charge >= 0.3 is 0 Å². The van der Waals surface area contributed by atoms with Crippen molar-refractivity contribution >= 4 is 22.6 Å². The number of rotatable bonds is 2. The molecule has 0 spiro atoms. The van der Waals surface area contributed by atoms with Gasteiger partial charge in [-0.15, -0.1) is 0 Å². The molecule has 0 bridgehead atoms. The molecular formula is C13H12ClNO. The fourth-order valence-electron chi connectivity index (χ4n) is 1.96. The Morgan fingerprint density at radius 1 is 1.44 bits per heavy atom. The van der Waals surface area contributed by atoms with Crippen molar-refractivity contribution in [3.8, 4) is 6.07 Å². The Morgan fingerprint density at radius 3 is 2.81 bits per heavy atom. The highest BCUT2D eigenvalue weighted by Gasteiger charge is 2.15. The van der Waals surface area contributed by atoms with Crippen LogP contribution in [0.5, 0.6) is 0 Å². The first kappa shape index (κ1) is 11.0. The van der Waals surface area contributed by atoms with Crippen LogP contribution in [0.15, 0.2) is 16.5 Å². The minimum absolute atomic E-state index is 0.419. The van der Waals surface area contributed by atoms with Gasteiger partial charge in [-0.05, 0) is 31.0 Å². The van der Waals surface area contributed by atoms with Gasteiger partial charge in [-0.25, -0.2) is 0 Å². The lowest BCUT2D eigenvalue weighted by Crippen LogP contribution is -1.84. The molecule has 0 aliphatic rings. The number of hydrogen-bond donors (Lipinski definition) is 0. The molecule has 2 rings (SSSR count). The molecular weight excluding hydrogens is 222 g/mol. The summed E-state index contributed by atoms with van der Waals surface area (Å²) >= 11 is 6.02. The van der Waals surface area contributed by atoms with Gasteiger partial charge in [0.05, 0.1) is 0 Å². The lowest BCUT2D eigenvalue weighted by Gasteiger charge is -1.98. The van der Waals surface area contributed by atoms with E-state index in [1.807, 2.05) is 19.1 Å². The monoisotopic (exact) mass is 233 g/mol. The number of nitriles is 1. The van der Waals surface area contributed by atoms with Crippen molar-refractivity contribution in [2.75, 3.05) is 0 Å². The highest BCUT2D eigenvalue weighted by Crippen LogP contribution is 2.31. The van der Waals surface area contributed by atoms with Crippen LogP contribution >= 0.6 is 11.6 Å². The summed E-state index contributed by atoms with van der Waals surface area (Å²) in [5.41, 5.74) is 2.73. The lowest BCUT2D eigenvalue weighted by molar-refractivity contribution is 0.590. The van der Waals surface area contributed by atoms with Gasteiger partial charge in [-0.1, -0.05) is 24.9 Å². The molecule has 0 amide bonds. The Kier molecular flexibility index (Phi) is 2.89. The molecule has 1 heterocycles. The van der Waals surface area contributed by atoms with E-state index in [-0.39, 0.29) is 0 Å². The number of furan rings is 1. The van der Waals surface area contributed by atoms with Crippen molar-refractivity contribution < 1.29 is 4.42 Å². The van der Waals surface area contributed by atoms with Crippen LogP contribution in [-0.2, 0) is 6.42 Å². The summed E-state index contributed by atoms with van der Waals surface area (Å²) in [5.74, 6) is 0.419. The molecule has 0 N–H and O–H groups in total. The fourth-order valence-corrected chi connectivity index (χ4v) is 2.24. The molecule has 0 aliphatic heterocycles. The molecule has 0 aliphatic carbocycles. The zero-order chi connectivity index (χ0) is 11.7. The zero-order valence-corrected chi connectivity index (χ0v) is 10.1. The predicted octanol–water partition coefficient (Wildman–Crippen LogP) is 4.22. The highest BCUT2D eigenvalue weighted by atomic mass is 35.5. The number of halogens is 1. The van der Waals surface area contributed by atoms with Crippen molar-refractivity contribution in [2.45, 2.75) is 26.7 Å². The summed E-state index contributed by atoms with van der Waals surface area (Å²) in [6, 6.07) is 5.83. The Bertz CT molecular complexity index is 578. The average molecular weight is 234 g/mol. The summed E-state index contributed by atoms with van der Waals surface area (Å²) in [5, 5.41) is 10.7. The molecule has 2 aromatic rings. The zero-order valence-electron chi connectivity index (χ0n) is 9.30. The highest BCUT2D eigenvalue weighted by molar-refractivity contribution is 6.31. The van der Waals surface area contributed by atoms with Crippen LogP contribution < -0.4 is 0 Å². The molecule has 0 saturated heterocycles. The van der Waals surface area contributed by atoms with E-state index in [0.29, 0.717) is 10.8 Å². The standard InChI is InChI=1S/C13H12ClNO/c1-3-4-10-11-6-9(14)5-8(2)13(11)16-12(10)7-15/h5-6H,3-4H2,1-2H3. The van der Waals surface area contributed by atoms with Crippen LogP contribution in [0.4, 0.5) is 0 Å². The maximum absolute atomic E-state index is 9.03. The van der Waals surface area contributed by atoms with Gasteiger partial charge in [0.1, 0.15) is 11.7 Å². The minimum Gasteiger partial charge on any atom is -0.445 e. The fraction of sp³-hybridized carbons (Fsp3) is 0.308. The van der Waals surface area contributed by atoms with Gasteiger partial charge in [-0.3, -0.25) is 0 Å². The third-order valence-electron chi connectivity index (χ3n) is 2.64. The number of aryl methyl sites for hydroxylation is 2. The van der Waals surface area contributed by atoms with E-state index < -0.39 is 0 Å². The van der Waals surface area contributed by atoms with Crippen molar-refractivity contribution in [2.24, 2.45) is 0 Å². The van der Waals surface area contributed by atoms with Crippen molar-refractivity contribution in [1.82, 2.24) is 0 Å². The SMILES string of the molecule is CCCc1c(C#N)oc2c(C)cc(Cl)cc12. The maximum Gasteiger partial charge on any atom is 0.207 e. The van der Waals surface area contributed by atoms with Crippen LogP contribution in [0.2, 0.25) is 5.02 Å². The second-order valence-corrected chi connectivity index (χ2v) is 4.31. The summed E-state index contributed by atoms with van der Waals surface area (Å²) in [6.07, 6.45) is 1.82. The molecule has 3 heteroatoms. The van der Waals surface area contributed by atoms with Gasteiger partial charge < -0.3 is 4.42 Å². The topological polar surface area (TPSA) is 36.9 Å². The van der Waals surface area contributed by atoms with Gasteiger partial charge in [0, 0.05) is 16.0 Å². The van der Waals surface area contributed by atoms with E-state index in [2.05, 4.69) is 13.0 Å². The summed E-state index contributed by atoms with van der Waals surface area (Å²) < 4.78 is 5.57. The number of benzene rings is 1. The van der Waals surface area contributed by atoms with Crippen LogP contribution in [0.1, 0.15) is 30.2 Å². The van der Waals surface area contributed by atoms with Gasteiger partial charge in [0.2, 0.25) is 5.76 Å². The molecule has 0 saturated carbocycles. The molecule has 16 heavy (non-hydrogen) atoms. The largest absolute Gasteiger partial charge is 0.445 e. The van der Waals surface area contributed by atoms with Crippen molar-refractivity contribution in [1.29, 1.82) is 5.26 Å². The van der Waals surface area contributed by atoms with Crippen LogP contribution in [0.3, 0.4) is 0 Å². The normalized spacial score (nSPS) is 10.6. The Balaban J connectivity index is 2.80. The van der Waals surface area contributed by atoms with E-state index in [1.54, 1.807) is 0 Å². The third kappa shape index (κ3) is 1.68. The lowest BCUT2D eigenvalue weighted by atomic mass is 10.0. The van der Waals surface area contributed by atoms with Crippen molar-refractivity contribution in [3.05, 3.63) is 34.0 Å². The summed E-state index contributed by atoms with van der Waals surface area (Å²) in [6.45, 7) is 4.02. The van der Waals surface area contributed by atoms with E-state index in [9.17, 15) is 0 Å². The van der Waals surface area contributed by atoms with Crippen LogP contribution in [0.25, 0.3) is 11.0 Å². The molecule has 0 radical (unpaired) electrons. The van der Waals surface area contributed by atoms with Crippen molar-refractivity contribution in [3.63, 3.8) is 0 Å². The molecule has 0 unspecified atom stereocenters. The van der Waals surface area contributed by atoms with Gasteiger partial charge in [-0.2, -0.15) is 5.26 Å². The van der Waals surface area contributed by atoms with E-state index in [1.165, 1.54) is 0 Å². The molecule has 0 atom stereocenters. The third-order valence-corrected chi connectivity index (χ3v) is 2.86. The number of fused-ring (bicyclic) bond motifs is 1.